The number of thiazole rings is 1. The number of nitrogens with one attached hydrogen (secondary N) is 1. The maximum atomic E-state index is 13.8. The summed E-state index contributed by atoms with van der Waals surface area (Å²) < 4.78 is 18.9. The van der Waals surface area contributed by atoms with Crippen LogP contribution in [-0.4, -0.2) is 40.8 Å². The van der Waals surface area contributed by atoms with Crippen molar-refractivity contribution in [2.45, 2.75) is 32.7 Å². The van der Waals surface area contributed by atoms with Gasteiger partial charge >= 0.3 is 0 Å². The molecule has 180 valence electrons. The first-order valence-electron chi connectivity index (χ1n) is 11.7. The van der Waals surface area contributed by atoms with Crippen LogP contribution in [0.25, 0.3) is 21.4 Å². The maximum Gasteiger partial charge on any atom is 0.274 e. The Kier molecular flexibility index (Phi) is 6.38. The van der Waals surface area contributed by atoms with Gasteiger partial charge in [0.1, 0.15) is 17.1 Å². The molecule has 4 aromatic rings. The van der Waals surface area contributed by atoms with E-state index < -0.39 is 0 Å². The van der Waals surface area contributed by atoms with Crippen LogP contribution in [-0.2, 0) is 0 Å². The van der Waals surface area contributed by atoms with Crippen LogP contribution < -0.4 is 5.32 Å². The number of amides is 2. The Bertz CT molecular complexity index is 1380. The number of rotatable bonds is 5. The second kappa shape index (κ2) is 9.62. The predicted octanol–water partition coefficient (Wildman–Crippen LogP) is 5.67. The van der Waals surface area contributed by atoms with Gasteiger partial charge in [-0.2, -0.15) is 0 Å². The molecule has 3 heterocycles. The number of aryl methyl sites for hydroxylation is 1. The number of halogens is 1. The van der Waals surface area contributed by atoms with E-state index in [0.29, 0.717) is 29.9 Å². The van der Waals surface area contributed by atoms with Gasteiger partial charge in [0.2, 0.25) is 0 Å². The first-order valence-corrected chi connectivity index (χ1v) is 12.5. The van der Waals surface area contributed by atoms with E-state index in [1.54, 1.807) is 36.6 Å². The van der Waals surface area contributed by atoms with E-state index in [2.05, 4.69) is 17.2 Å². The molecular weight excluding hydrogens is 465 g/mol. The van der Waals surface area contributed by atoms with Gasteiger partial charge in [0.25, 0.3) is 11.8 Å². The molecule has 0 aliphatic carbocycles. The molecule has 1 aliphatic rings. The van der Waals surface area contributed by atoms with E-state index in [9.17, 15) is 14.0 Å². The SMILES string of the molecule is Cc1nc(C(=O)N2CCC[C@@H](C)[C@H]2CNC(=O)c2cccc3occc23)c(-c2ccc(F)cc2)s1. The van der Waals surface area contributed by atoms with Gasteiger partial charge in [-0.1, -0.05) is 25.1 Å². The van der Waals surface area contributed by atoms with Crippen LogP contribution >= 0.6 is 11.3 Å². The highest BCUT2D eigenvalue weighted by atomic mass is 32.1. The molecule has 2 aromatic carbocycles. The van der Waals surface area contributed by atoms with Crippen molar-refractivity contribution in [1.82, 2.24) is 15.2 Å². The molecule has 0 bridgehead atoms. The summed E-state index contributed by atoms with van der Waals surface area (Å²) in [5.41, 5.74) is 2.36. The number of fused-ring (bicyclic) bond motifs is 1. The summed E-state index contributed by atoms with van der Waals surface area (Å²) >= 11 is 1.43. The maximum absolute atomic E-state index is 13.8. The van der Waals surface area contributed by atoms with Crippen LogP contribution in [0.1, 0.15) is 45.6 Å². The van der Waals surface area contributed by atoms with Crippen LogP contribution in [0.5, 0.6) is 0 Å². The van der Waals surface area contributed by atoms with Crippen LogP contribution in [0.15, 0.2) is 59.2 Å². The summed E-state index contributed by atoms with van der Waals surface area (Å²) in [6, 6.07) is 13.1. The number of nitrogens with zero attached hydrogens (tertiary/aromatic N) is 2. The summed E-state index contributed by atoms with van der Waals surface area (Å²) in [5.74, 6) is -0.462. The molecule has 1 aliphatic heterocycles. The van der Waals surface area contributed by atoms with Crippen LogP contribution in [0, 0.1) is 18.7 Å². The minimum atomic E-state index is -0.324. The topological polar surface area (TPSA) is 75.4 Å². The minimum Gasteiger partial charge on any atom is -0.464 e. The molecule has 8 heteroatoms. The Labute approximate surface area is 206 Å². The molecule has 1 N–H and O–H groups in total. The van der Waals surface area contributed by atoms with Gasteiger partial charge in [-0.15, -0.1) is 11.3 Å². The number of aromatic nitrogens is 1. The van der Waals surface area contributed by atoms with Crippen LogP contribution in [0.3, 0.4) is 0 Å². The lowest BCUT2D eigenvalue weighted by Crippen LogP contribution is -2.53. The largest absolute Gasteiger partial charge is 0.464 e. The highest BCUT2D eigenvalue weighted by Crippen LogP contribution is 2.33. The molecule has 6 nitrogen and oxygen atoms in total. The number of carbonyl (C=O) groups is 2. The summed E-state index contributed by atoms with van der Waals surface area (Å²) in [6.45, 7) is 4.91. The fourth-order valence-corrected chi connectivity index (χ4v) is 5.72. The number of benzene rings is 2. The number of furan rings is 1. The zero-order valence-corrected chi connectivity index (χ0v) is 20.4. The fraction of sp³-hybridized carbons (Fsp3) is 0.296. The Morgan fingerprint density at radius 3 is 2.80 bits per heavy atom. The number of piperidine rings is 1. The second-order valence-electron chi connectivity index (χ2n) is 8.95. The van der Waals surface area contributed by atoms with E-state index in [0.717, 1.165) is 33.7 Å². The first kappa shape index (κ1) is 23.2. The average Bonchev–Trinajstić information content (AvgIpc) is 3.49. The lowest BCUT2D eigenvalue weighted by atomic mass is 9.90. The van der Waals surface area contributed by atoms with Crippen molar-refractivity contribution < 1.29 is 18.4 Å². The second-order valence-corrected chi connectivity index (χ2v) is 10.2. The Hall–Kier alpha value is -3.52. The van der Waals surface area contributed by atoms with Gasteiger partial charge in [-0.3, -0.25) is 9.59 Å². The molecule has 1 saturated heterocycles. The number of carbonyl (C=O) groups excluding carboxylic acids is 2. The zero-order valence-electron chi connectivity index (χ0n) is 19.6. The Morgan fingerprint density at radius 2 is 2.00 bits per heavy atom. The molecule has 5 rings (SSSR count). The Balaban J connectivity index is 1.38. The van der Waals surface area contributed by atoms with Gasteiger partial charge in [-0.25, -0.2) is 9.37 Å². The summed E-state index contributed by atoms with van der Waals surface area (Å²) in [7, 11) is 0. The summed E-state index contributed by atoms with van der Waals surface area (Å²) in [5, 5.41) is 4.58. The van der Waals surface area contributed by atoms with Crippen molar-refractivity contribution in [2.75, 3.05) is 13.1 Å². The third kappa shape index (κ3) is 4.58. The molecule has 2 amide bonds. The van der Waals surface area contributed by atoms with Crippen LogP contribution in [0.4, 0.5) is 4.39 Å². The van der Waals surface area contributed by atoms with Gasteiger partial charge in [0, 0.05) is 18.5 Å². The zero-order chi connectivity index (χ0) is 24.5. The van der Waals surface area contributed by atoms with Crippen molar-refractivity contribution in [3.05, 3.63) is 76.9 Å². The molecule has 2 atom stereocenters. The monoisotopic (exact) mass is 491 g/mol. The van der Waals surface area contributed by atoms with E-state index in [1.807, 2.05) is 17.9 Å². The molecule has 0 spiro atoms. The average molecular weight is 492 g/mol. The first-order chi connectivity index (χ1) is 16.9. The predicted molar refractivity (Wildman–Crippen MR) is 134 cm³/mol. The Morgan fingerprint density at radius 1 is 1.20 bits per heavy atom. The molecular formula is C27H26FN3O3S. The number of hydrogen-bond donors (Lipinski definition) is 1. The van der Waals surface area contributed by atoms with Gasteiger partial charge < -0.3 is 14.6 Å². The van der Waals surface area contributed by atoms with Crippen molar-refractivity contribution in [1.29, 1.82) is 0 Å². The molecule has 0 unspecified atom stereocenters. The molecule has 1 fully saturated rings. The van der Waals surface area contributed by atoms with Crippen LogP contribution in [0.2, 0.25) is 0 Å². The fourth-order valence-electron chi connectivity index (χ4n) is 4.80. The van der Waals surface area contributed by atoms with E-state index in [4.69, 9.17) is 4.42 Å². The van der Waals surface area contributed by atoms with Crippen molar-refractivity contribution >= 4 is 34.1 Å². The third-order valence-corrected chi connectivity index (χ3v) is 7.65. The third-order valence-electron chi connectivity index (χ3n) is 6.63. The summed E-state index contributed by atoms with van der Waals surface area (Å²) in [6.07, 6.45) is 3.43. The lowest BCUT2D eigenvalue weighted by Gasteiger charge is -2.40. The normalized spacial score (nSPS) is 18.1. The van der Waals surface area contributed by atoms with E-state index in [-0.39, 0.29) is 29.6 Å². The number of likely N-dealkylation sites (tertiary alicyclic amines) is 1. The molecule has 0 saturated carbocycles. The van der Waals surface area contributed by atoms with Crippen molar-refractivity contribution in [3.63, 3.8) is 0 Å². The van der Waals surface area contributed by atoms with Gasteiger partial charge in [0.05, 0.1) is 27.8 Å². The van der Waals surface area contributed by atoms with Gasteiger partial charge in [-0.05, 0) is 61.6 Å². The quantitative estimate of drug-likeness (QED) is 0.390. The summed E-state index contributed by atoms with van der Waals surface area (Å²) in [4.78, 5) is 33.9. The number of hydrogen-bond acceptors (Lipinski definition) is 5. The molecule has 0 radical (unpaired) electrons. The van der Waals surface area contributed by atoms with E-state index >= 15 is 0 Å². The van der Waals surface area contributed by atoms with Gasteiger partial charge in [0.15, 0.2) is 0 Å². The van der Waals surface area contributed by atoms with Crippen molar-refractivity contribution in [2.24, 2.45) is 5.92 Å². The lowest BCUT2D eigenvalue weighted by molar-refractivity contribution is 0.0503. The van der Waals surface area contributed by atoms with E-state index in [1.165, 1.54) is 23.5 Å². The highest BCUT2D eigenvalue weighted by molar-refractivity contribution is 7.15. The molecule has 2 aromatic heterocycles. The molecule has 35 heavy (non-hydrogen) atoms. The standard InChI is InChI=1S/C27H26FN3O3S/c1-16-5-4-13-31(22(16)15-29-26(32)21-6-3-7-23-20(21)12-14-34-23)27(33)24-25(35-17(2)30-24)18-8-10-19(28)11-9-18/h3,6-12,14,16,22H,4-5,13,15H2,1-2H3,(H,29,32)/t16-,22-/m1/s1. The minimum absolute atomic E-state index is 0.156. The smallest absolute Gasteiger partial charge is 0.274 e. The van der Waals surface area contributed by atoms with Crippen molar-refractivity contribution in [3.8, 4) is 10.4 Å². The highest BCUT2D eigenvalue weighted by Gasteiger charge is 2.35.